The molecule has 1 aromatic rings. The van der Waals surface area contributed by atoms with Crippen molar-refractivity contribution in [1.29, 1.82) is 0 Å². The Morgan fingerprint density at radius 1 is 1.00 bits per heavy atom. The topological polar surface area (TPSA) is 43.7 Å². The number of rotatable bonds is 7. The molecule has 1 rings (SSSR count). The summed E-state index contributed by atoms with van der Waals surface area (Å²) in [6, 6.07) is 7.54. The molecule has 0 aromatic heterocycles. The lowest BCUT2D eigenvalue weighted by molar-refractivity contribution is 0.212. The smallest absolute Gasteiger partial charge is 0.423 e. The summed E-state index contributed by atoms with van der Waals surface area (Å²) in [5.74, 6) is 1.20. The van der Waals surface area contributed by atoms with Gasteiger partial charge in [-0.3, -0.25) is 4.90 Å². The molecule has 0 heterocycles. The average molecular weight is 263 g/mol. The first-order chi connectivity index (χ1) is 8.90. The van der Waals surface area contributed by atoms with Gasteiger partial charge in [0.1, 0.15) is 0 Å². The molecule has 0 atom stereocenters. The minimum atomic E-state index is -1.39. The van der Waals surface area contributed by atoms with Gasteiger partial charge in [0.05, 0.1) is 0 Å². The van der Waals surface area contributed by atoms with Crippen molar-refractivity contribution in [3.63, 3.8) is 0 Å². The molecule has 0 unspecified atom stereocenters. The molecule has 0 aliphatic rings. The molecule has 2 N–H and O–H groups in total. The Kier molecular flexibility index (Phi) is 6.56. The van der Waals surface area contributed by atoms with Crippen molar-refractivity contribution in [3.05, 3.63) is 29.8 Å². The van der Waals surface area contributed by atoms with E-state index in [1.165, 1.54) is 0 Å². The van der Waals surface area contributed by atoms with Gasteiger partial charge in [-0.05, 0) is 22.9 Å². The van der Waals surface area contributed by atoms with Crippen LogP contribution in [0.5, 0.6) is 0 Å². The summed E-state index contributed by atoms with van der Waals surface area (Å²) >= 11 is 0. The molecule has 0 amide bonds. The van der Waals surface area contributed by atoms with Crippen LogP contribution >= 0.6 is 0 Å². The lowest BCUT2D eigenvalue weighted by Gasteiger charge is -2.27. The molecular weight excluding hydrogens is 237 g/mol. The third-order valence-corrected chi connectivity index (χ3v) is 2.97. The van der Waals surface area contributed by atoms with Gasteiger partial charge in [0, 0.05) is 19.6 Å². The minimum Gasteiger partial charge on any atom is -0.423 e. The van der Waals surface area contributed by atoms with Gasteiger partial charge in [-0.15, -0.1) is 0 Å². The van der Waals surface area contributed by atoms with Gasteiger partial charge in [0.25, 0.3) is 0 Å². The van der Waals surface area contributed by atoms with E-state index >= 15 is 0 Å². The third kappa shape index (κ3) is 5.77. The molecule has 106 valence electrons. The largest absolute Gasteiger partial charge is 0.488 e. The van der Waals surface area contributed by atoms with Crippen LogP contribution in [0.2, 0.25) is 0 Å². The van der Waals surface area contributed by atoms with E-state index in [1.54, 1.807) is 6.07 Å². The third-order valence-electron chi connectivity index (χ3n) is 2.97. The summed E-state index contributed by atoms with van der Waals surface area (Å²) in [7, 11) is -1.39. The molecule has 4 heteroatoms. The molecule has 0 saturated carbocycles. The Balaban J connectivity index is 2.83. The molecule has 0 aliphatic heterocycles. The summed E-state index contributed by atoms with van der Waals surface area (Å²) < 4.78 is 0. The zero-order valence-electron chi connectivity index (χ0n) is 12.5. The average Bonchev–Trinajstić information content (AvgIpc) is 2.27. The normalized spacial score (nSPS) is 11.6. The molecule has 0 bridgehead atoms. The van der Waals surface area contributed by atoms with Crippen LogP contribution in [0.15, 0.2) is 24.3 Å². The highest BCUT2D eigenvalue weighted by Crippen LogP contribution is 2.09. The second-order valence-corrected chi connectivity index (χ2v) is 6.05. The SMILES string of the molecule is CC(C)CN(Cc1ccccc1B(O)O)CC(C)C. The van der Waals surface area contributed by atoms with Crippen LogP contribution in [0, 0.1) is 11.8 Å². The fourth-order valence-corrected chi connectivity index (χ4v) is 2.41. The molecular formula is C15H26BNO2. The van der Waals surface area contributed by atoms with E-state index in [4.69, 9.17) is 0 Å². The van der Waals surface area contributed by atoms with Crippen molar-refractivity contribution in [2.24, 2.45) is 11.8 Å². The van der Waals surface area contributed by atoms with Crippen molar-refractivity contribution < 1.29 is 10.0 Å². The van der Waals surface area contributed by atoms with E-state index in [-0.39, 0.29) is 0 Å². The lowest BCUT2D eigenvalue weighted by atomic mass is 9.77. The minimum absolute atomic E-state index is 0.602. The van der Waals surface area contributed by atoms with Crippen molar-refractivity contribution >= 4 is 12.6 Å². The second-order valence-electron chi connectivity index (χ2n) is 6.05. The van der Waals surface area contributed by atoms with Crippen molar-refractivity contribution in [3.8, 4) is 0 Å². The highest BCUT2D eigenvalue weighted by Gasteiger charge is 2.18. The Bertz CT molecular complexity index is 370. The summed E-state index contributed by atoms with van der Waals surface area (Å²) in [5.41, 5.74) is 1.61. The molecule has 0 aliphatic carbocycles. The number of nitrogens with zero attached hydrogens (tertiary/aromatic N) is 1. The van der Waals surface area contributed by atoms with E-state index in [9.17, 15) is 10.0 Å². The first-order valence-corrected chi connectivity index (χ1v) is 7.06. The summed E-state index contributed by atoms with van der Waals surface area (Å²) in [6.45, 7) is 11.6. The zero-order chi connectivity index (χ0) is 14.4. The highest BCUT2D eigenvalue weighted by atomic mass is 16.4. The van der Waals surface area contributed by atoms with Gasteiger partial charge < -0.3 is 10.0 Å². The predicted octanol–water partition coefficient (Wildman–Crippen LogP) is 1.48. The van der Waals surface area contributed by atoms with Gasteiger partial charge in [-0.1, -0.05) is 52.0 Å². The molecule has 3 nitrogen and oxygen atoms in total. The molecule has 1 aromatic carbocycles. The zero-order valence-corrected chi connectivity index (χ0v) is 12.5. The van der Waals surface area contributed by atoms with Crippen LogP contribution in [-0.4, -0.2) is 35.2 Å². The van der Waals surface area contributed by atoms with E-state index in [0.717, 1.165) is 25.2 Å². The molecule has 0 radical (unpaired) electrons. The van der Waals surface area contributed by atoms with Gasteiger partial charge in [0.2, 0.25) is 0 Å². The van der Waals surface area contributed by atoms with Crippen molar-refractivity contribution in [2.75, 3.05) is 13.1 Å². The second kappa shape index (κ2) is 7.68. The maximum Gasteiger partial charge on any atom is 0.488 e. The first-order valence-electron chi connectivity index (χ1n) is 7.06. The van der Waals surface area contributed by atoms with E-state index in [2.05, 4.69) is 32.6 Å². The molecule has 0 fully saturated rings. The highest BCUT2D eigenvalue weighted by molar-refractivity contribution is 6.59. The Morgan fingerprint density at radius 2 is 1.53 bits per heavy atom. The Morgan fingerprint density at radius 3 is 2.00 bits per heavy atom. The quantitative estimate of drug-likeness (QED) is 0.732. The van der Waals surface area contributed by atoms with Crippen molar-refractivity contribution in [2.45, 2.75) is 34.2 Å². The first kappa shape index (κ1) is 16.2. The van der Waals surface area contributed by atoms with E-state index < -0.39 is 7.12 Å². The standard InChI is InChI=1S/C15H26BNO2/c1-12(2)9-17(10-13(3)4)11-14-7-5-6-8-15(14)16(18)19/h5-8,12-13,18-19H,9-11H2,1-4H3. The van der Waals surface area contributed by atoms with Crippen LogP contribution in [-0.2, 0) is 6.54 Å². The Hall–Kier alpha value is -0.835. The van der Waals surface area contributed by atoms with Gasteiger partial charge in [-0.25, -0.2) is 0 Å². The Labute approximate surface area is 117 Å². The van der Waals surface area contributed by atoms with Gasteiger partial charge >= 0.3 is 7.12 Å². The van der Waals surface area contributed by atoms with Gasteiger partial charge in [0.15, 0.2) is 0 Å². The fourth-order valence-electron chi connectivity index (χ4n) is 2.41. The lowest BCUT2D eigenvalue weighted by Crippen LogP contribution is -2.37. The maximum atomic E-state index is 9.42. The maximum absolute atomic E-state index is 9.42. The van der Waals surface area contributed by atoms with Crippen LogP contribution in [0.25, 0.3) is 0 Å². The van der Waals surface area contributed by atoms with E-state index in [0.29, 0.717) is 17.3 Å². The summed E-state index contributed by atoms with van der Waals surface area (Å²) in [5, 5.41) is 18.8. The number of benzene rings is 1. The number of hydrogen-bond donors (Lipinski definition) is 2. The summed E-state index contributed by atoms with van der Waals surface area (Å²) in [4.78, 5) is 2.39. The van der Waals surface area contributed by atoms with Crippen LogP contribution in [0.4, 0.5) is 0 Å². The fraction of sp³-hybridized carbons (Fsp3) is 0.600. The molecule has 0 spiro atoms. The van der Waals surface area contributed by atoms with Crippen LogP contribution in [0.1, 0.15) is 33.3 Å². The summed E-state index contributed by atoms with van der Waals surface area (Å²) in [6.07, 6.45) is 0. The molecule has 0 saturated heterocycles. The number of hydrogen-bond acceptors (Lipinski definition) is 3. The predicted molar refractivity (Wildman–Crippen MR) is 81.2 cm³/mol. The molecule has 19 heavy (non-hydrogen) atoms. The van der Waals surface area contributed by atoms with Gasteiger partial charge in [-0.2, -0.15) is 0 Å². The monoisotopic (exact) mass is 263 g/mol. The van der Waals surface area contributed by atoms with Crippen molar-refractivity contribution in [1.82, 2.24) is 4.90 Å². The van der Waals surface area contributed by atoms with E-state index in [1.807, 2.05) is 18.2 Å². The van der Waals surface area contributed by atoms with Crippen LogP contribution in [0.3, 0.4) is 0 Å². The van der Waals surface area contributed by atoms with Crippen LogP contribution < -0.4 is 5.46 Å².